The number of oxazole rings is 1. The predicted molar refractivity (Wildman–Crippen MR) is 124 cm³/mol. The molecule has 0 radical (unpaired) electrons. The maximum Gasteiger partial charge on any atom is 0.222 e. The molecule has 0 spiro atoms. The Balaban J connectivity index is 1.40. The molecule has 1 aliphatic rings. The van der Waals surface area contributed by atoms with Gasteiger partial charge in [-0.3, -0.25) is 9.59 Å². The Morgan fingerprint density at radius 3 is 2.12 bits per heavy atom. The number of hydrogen-bond donors (Lipinski definition) is 0. The van der Waals surface area contributed by atoms with Crippen LogP contribution >= 0.6 is 11.6 Å². The van der Waals surface area contributed by atoms with E-state index in [1.807, 2.05) is 66.2 Å². The van der Waals surface area contributed by atoms with Crippen molar-refractivity contribution in [2.24, 2.45) is 7.05 Å². The number of nitrogens with zero attached hydrogens (tertiary/aromatic N) is 2. The van der Waals surface area contributed by atoms with Crippen LogP contribution in [-0.4, -0.2) is 21.1 Å². The lowest BCUT2D eigenvalue weighted by Crippen LogP contribution is -2.00. The third kappa shape index (κ3) is 2.75. The SMILES string of the molecule is Cn1c(-c2ccc(Cl)cc2)cc2oc(C=C3C(=O)c4cc5ccccc5cc4C3=O)nc21. The molecule has 0 fully saturated rings. The number of carbonyl (C=O) groups excluding carboxylic acids is 2. The first-order valence-electron chi connectivity index (χ1n) is 10.1. The standard InChI is InChI=1S/C26H15ClN2O3/c1-29-21(14-6-8-17(27)9-7-14)13-22-26(29)28-23(32-22)12-20-24(30)18-10-15-4-2-3-5-16(15)11-19(18)25(20)31/h2-13H,1H3. The van der Waals surface area contributed by atoms with Crippen LogP contribution in [0.25, 0.3) is 39.3 Å². The minimum atomic E-state index is -0.306. The van der Waals surface area contributed by atoms with Gasteiger partial charge in [0.05, 0.1) is 11.3 Å². The summed E-state index contributed by atoms with van der Waals surface area (Å²) >= 11 is 5.99. The number of aryl methyl sites for hydroxylation is 1. The molecule has 0 bridgehead atoms. The highest BCUT2D eigenvalue weighted by atomic mass is 35.5. The smallest absolute Gasteiger partial charge is 0.222 e. The molecule has 0 aliphatic heterocycles. The molecule has 5 aromatic rings. The molecule has 0 atom stereocenters. The molecule has 3 aromatic carbocycles. The summed E-state index contributed by atoms with van der Waals surface area (Å²) in [5.41, 5.74) is 4.01. The second-order valence-electron chi connectivity index (χ2n) is 7.80. The number of hydrogen-bond acceptors (Lipinski definition) is 4. The molecule has 154 valence electrons. The van der Waals surface area contributed by atoms with E-state index in [1.54, 1.807) is 12.1 Å². The molecule has 0 unspecified atom stereocenters. The maximum absolute atomic E-state index is 13.0. The van der Waals surface area contributed by atoms with E-state index in [1.165, 1.54) is 6.08 Å². The van der Waals surface area contributed by atoms with Crippen LogP contribution in [-0.2, 0) is 7.05 Å². The van der Waals surface area contributed by atoms with E-state index in [0.29, 0.717) is 27.4 Å². The van der Waals surface area contributed by atoms with Crippen molar-refractivity contribution in [2.45, 2.75) is 0 Å². The number of carbonyl (C=O) groups is 2. The molecular formula is C26H15ClN2O3. The van der Waals surface area contributed by atoms with Crippen molar-refractivity contribution >= 4 is 51.2 Å². The van der Waals surface area contributed by atoms with E-state index in [4.69, 9.17) is 16.0 Å². The molecule has 2 heterocycles. The van der Waals surface area contributed by atoms with Gasteiger partial charge in [0.25, 0.3) is 0 Å². The predicted octanol–water partition coefficient (Wildman–Crippen LogP) is 6.10. The highest BCUT2D eigenvalue weighted by Gasteiger charge is 2.34. The minimum absolute atomic E-state index is 0.0692. The molecule has 0 N–H and O–H groups in total. The van der Waals surface area contributed by atoms with Gasteiger partial charge in [-0.2, -0.15) is 4.98 Å². The lowest BCUT2D eigenvalue weighted by atomic mass is 10.0. The third-order valence-electron chi connectivity index (χ3n) is 5.87. The minimum Gasteiger partial charge on any atom is -0.435 e. The second kappa shape index (κ2) is 6.77. The zero-order valence-corrected chi connectivity index (χ0v) is 17.7. The van der Waals surface area contributed by atoms with Crippen molar-refractivity contribution in [3.63, 3.8) is 0 Å². The Labute approximate surface area is 187 Å². The molecule has 32 heavy (non-hydrogen) atoms. The first-order valence-corrected chi connectivity index (χ1v) is 10.4. The van der Waals surface area contributed by atoms with Gasteiger partial charge in [0, 0.05) is 35.3 Å². The molecule has 1 aliphatic carbocycles. The van der Waals surface area contributed by atoms with E-state index in [-0.39, 0.29) is 23.0 Å². The lowest BCUT2D eigenvalue weighted by Gasteiger charge is -2.03. The molecule has 2 aromatic heterocycles. The fraction of sp³-hybridized carbons (Fsp3) is 0.0385. The van der Waals surface area contributed by atoms with Crippen LogP contribution in [0.15, 0.2) is 76.7 Å². The monoisotopic (exact) mass is 438 g/mol. The normalized spacial score (nSPS) is 13.4. The summed E-state index contributed by atoms with van der Waals surface area (Å²) in [6.45, 7) is 0. The average molecular weight is 439 g/mol. The number of ketones is 2. The van der Waals surface area contributed by atoms with Crippen LogP contribution in [0.2, 0.25) is 5.02 Å². The number of allylic oxidation sites excluding steroid dienone is 1. The molecule has 0 saturated heterocycles. The first kappa shape index (κ1) is 18.8. The van der Waals surface area contributed by atoms with Crippen LogP contribution in [0, 0.1) is 0 Å². The fourth-order valence-corrected chi connectivity index (χ4v) is 4.36. The van der Waals surface area contributed by atoms with Gasteiger partial charge in [-0.15, -0.1) is 0 Å². The van der Waals surface area contributed by atoms with Crippen molar-refractivity contribution in [3.05, 3.63) is 94.3 Å². The number of aromatic nitrogens is 2. The van der Waals surface area contributed by atoms with Gasteiger partial charge >= 0.3 is 0 Å². The quantitative estimate of drug-likeness (QED) is 0.246. The molecule has 5 nitrogen and oxygen atoms in total. The number of benzene rings is 3. The summed E-state index contributed by atoms with van der Waals surface area (Å²) in [6, 6.07) is 20.6. The van der Waals surface area contributed by atoms with E-state index >= 15 is 0 Å². The van der Waals surface area contributed by atoms with Crippen molar-refractivity contribution < 1.29 is 14.0 Å². The van der Waals surface area contributed by atoms with Crippen LogP contribution in [0.5, 0.6) is 0 Å². The van der Waals surface area contributed by atoms with E-state index < -0.39 is 0 Å². The van der Waals surface area contributed by atoms with Crippen molar-refractivity contribution in [3.8, 4) is 11.3 Å². The summed E-state index contributed by atoms with van der Waals surface area (Å²) in [5, 5.41) is 2.51. The molecule has 6 rings (SSSR count). The topological polar surface area (TPSA) is 65.1 Å². The summed E-state index contributed by atoms with van der Waals surface area (Å²) in [5.74, 6) is -0.387. The number of Topliss-reactive ketones (excluding diaryl/α,β-unsaturated/α-hetero) is 2. The zero-order chi connectivity index (χ0) is 22.0. The van der Waals surface area contributed by atoms with Crippen LogP contribution in [0.4, 0.5) is 0 Å². The fourth-order valence-electron chi connectivity index (χ4n) is 4.23. The molecule has 6 heteroatoms. The summed E-state index contributed by atoms with van der Waals surface area (Å²) < 4.78 is 7.78. The van der Waals surface area contributed by atoms with Gasteiger partial charge in [-0.1, -0.05) is 48.0 Å². The van der Waals surface area contributed by atoms with Gasteiger partial charge in [0.2, 0.25) is 5.89 Å². The highest BCUT2D eigenvalue weighted by Crippen LogP contribution is 2.33. The third-order valence-corrected chi connectivity index (χ3v) is 6.12. The summed E-state index contributed by atoms with van der Waals surface area (Å²) in [7, 11) is 1.89. The summed E-state index contributed by atoms with van der Waals surface area (Å²) in [6.07, 6.45) is 1.44. The Bertz CT molecular complexity index is 1560. The van der Waals surface area contributed by atoms with Crippen LogP contribution in [0.1, 0.15) is 26.6 Å². The Kier molecular flexibility index (Phi) is 3.97. The van der Waals surface area contributed by atoms with Gasteiger partial charge in [0.15, 0.2) is 22.8 Å². The lowest BCUT2D eigenvalue weighted by molar-refractivity contribution is 0.0990. The van der Waals surface area contributed by atoms with E-state index in [2.05, 4.69) is 4.98 Å². The van der Waals surface area contributed by atoms with Crippen molar-refractivity contribution in [1.82, 2.24) is 9.55 Å². The van der Waals surface area contributed by atoms with Crippen molar-refractivity contribution in [2.75, 3.05) is 0 Å². The highest BCUT2D eigenvalue weighted by molar-refractivity contribution is 6.42. The number of halogens is 1. The zero-order valence-electron chi connectivity index (χ0n) is 16.9. The largest absolute Gasteiger partial charge is 0.435 e. The van der Waals surface area contributed by atoms with E-state index in [0.717, 1.165) is 22.0 Å². The summed E-state index contributed by atoms with van der Waals surface area (Å²) in [4.78, 5) is 30.5. The van der Waals surface area contributed by atoms with Gasteiger partial charge in [-0.25, -0.2) is 0 Å². The maximum atomic E-state index is 13.0. The molecule has 0 saturated carbocycles. The van der Waals surface area contributed by atoms with Gasteiger partial charge < -0.3 is 8.98 Å². The average Bonchev–Trinajstić information content (AvgIpc) is 3.41. The van der Waals surface area contributed by atoms with E-state index in [9.17, 15) is 9.59 Å². The Morgan fingerprint density at radius 2 is 1.53 bits per heavy atom. The van der Waals surface area contributed by atoms with Gasteiger partial charge in [-0.05, 0) is 40.6 Å². The van der Waals surface area contributed by atoms with Crippen molar-refractivity contribution in [1.29, 1.82) is 0 Å². The number of rotatable bonds is 2. The Morgan fingerprint density at radius 1 is 0.906 bits per heavy atom. The number of fused-ring (bicyclic) bond motifs is 3. The molecule has 0 amide bonds. The van der Waals surface area contributed by atoms with Crippen LogP contribution in [0.3, 0.4) is 0 Å². The molecular weight excluding hydrogens is 424 g/mol. The van der Waals surface area contributed by atoms with Crippen LogP contribution < -0.4 is 0 Å². The second-order valence-corrected chi connectivity index (χ2v) is 8.23. The first-order chi connectivity index (χ1) is 15.5. The Hall–Kier alpha value is -3.96. The van der Waals surface area contributed by atoms with Gasteiger partial charge in [0.1, 0.15) is 0 Å².